The van der Waals surface area contributed by atoms with Gasteiger partial charge in [-0.05, 0) is 50.2 Å². The smallest absolute Gasteiger partial charge is 0.258 e. The van der Waals surface area contributed by atoms with Crippen molar-refractivity contribution in [1.29, 1.82) is 0 Å². The molecule has 0 bridgehead atoms. The molecule has 0 radical (unpaired) electrons. The minimum Gasteiger partial charge on any atom is -0.440 e. The van der Waals surface area contributed by atoms with Crippen LogP contribution in [0.5, 0.6) is 0 Å². The van der Waals surface area contributed by atoms with Crippen molar-refractivity contribution < 1.29 is 4.42 Å². The van der Waals surface area contributed by atoms with Crippen LogP contribution in [-0.2, 0) is 6.54 Å². The number of aromatic nitrogens is 3. The predicted molar refractivity (Wildman–Crippen MR) is 104 cm³/mol. The highest BCUT2D eigenvalue weighted by atomic mass is 16.3. The number of nitrogens with one attached hydrogen (secondary N) is 1. The molecule has 136 valence electrons. The van der Waals surface area contributed by atoms with Crippen molar-refractivity contribution in [1.82, 2.24) is 19.9 Å². The molecule has 6 heteroatoms. The summed E-state index contributed by atoms with van der Waals surface area (Å²) in [5, 5.41) is 0.635. The number of hydrogen-bond donors (Lipinski definition) is 1. The van der Waals surface area contributed by atoms with E-state index in [0.29, 0.717) is 17.8 Å². The van der Waals surface area contributed by atoms with Gasteiger partial charge >= 0.3 is 0 Å². The number of para-hydroxylation sites is 3. The van der Waals surface area contributed by atoms with Gasteiger partial charge in [0.2, 0.25) is 0 Å². The van der Waals surface area contributed by atoms with E-state index in [0.717, 1.165) is 54.3 Å². The van der Waals surface area contributed by atoms with Gasteiger partial charge in [0.1, 0.15) is 11.3 Å². The number of piperidine rings is 1. The van der Waals surface area contributed by atoms with Crippen LogP contribution in [0.15, 0.2) is 57.7 Å². The molecule has 0 saturated carbocycles. The fourth-order valence-corrected chi connectivity index (χ4v) is 3.82. The lowest BCUT2D eigenvalue weighted by molar-refractivity contribution is 0.190. The Morgan fingerprint density at radius 1 is 1.00 bits per heavy atom. The van der Waals surface area contributed by atoms with E-state index in [9.17, 15) is 4.79 Å². The quantitative estimate of drug-likeness (QED) is 0.606. The molecule has 1 fully saturated rings. The number of benzene rings is 2. The van der Waals surface area contributed by atoms with Crippen LogP contribution in [0.1, 0.15) is 30.5 Å². The lowest BCUT2D eigenvalue weighted by Gasteiger charge is -2.30. The number of hydrogen-bond acceptors (Lipinski definition) is 5. The number of rotatable bonds is 3. The average Bonchev–Trinajstić information content (AvgIpc) is 3.13. The highest BCUT2D eigenvalue weighted by molar-refractivity contribution is 5.77. The Balaban J connectivity index is 1.29. The van der Waals surface area contributed by atoms with Gasteiger partial charge in [-0.2, -0.15) is 0 Å². The minimum atomic E-state index is -0.0723. The second kappa shape index (κ2) is 6.63. The summed E-state index contributed by atoms with van der Waals surface area (Å²) in [6.07, 6.45) is 1.98. The van der Waals surface area contributed by atoms with Crippen LogP contribution in [0.25, 0.3) is 22.0 Å². The first kappa shape index (κ1) is 16.2. The molecule has 0 spiro atoms. The summed E-state index contributed by atoms with van der Waals surface area (Å²) in [4.78, 5) is 26.7. The van der Waals surface area contributed by atoms with E-state index in [1.165, 1.54) is 0 Å². The SMILES string of the molecule is O=c1[nH]c(CN2CCC(c3nc4ccccc4o3)CC2)nc2ccccc12. The molecule has 1 aliphatic heterocycles. The van der Waals surface area contributed by atoms with Crippen molar-refractivity contribution in [2.75, 3.05) is 13.1 Å². The van der Waals surface area contributed by atoms with Crippen LogP contribution < -0.4 is 5.56 Å². The van der Waals surface area contributed by atoms with Crippen LogP contribution in [0, 0.1) is 0 Å². The molecule has 0 unspecified atom stereocenters. The summed E-state index contributed by atoms with van der Waals surface area (Å²) >= 11 is 0. The van der Waals surface area contributed by atoms with E-state index < -0.39 is 0 Å². The summed E-state index contributed by atoms with van der Waals surface area (Å²) in [6, 6.07) is 15.3. The average molecular weight is 360 g/mol. The molecule has 1 saturated heterocycles. The molecule has 0 aliphatic carbocycles. The maximum Gasteiger partial charge on any atom is 0.258 e. The molecular weight excluding hydrogens is 340 g/mol. The molecule has 1 aliphatic rings. The highest BCUT2D eigenvalue weighted by Gasteiger charge is 2.25. The standard InChI is InChI=1S/C21H20N4O2/c26-20-15-5-1-2-6-16(15)22-19(24-20)13-25-11-9-14(10-12-25)21-23-17-7-3-4-8-18(17)27-21/h1-8,14H,9-13H2,(H,22,24,26). The third kappa shape index (κ3) is 3.13. The largest absolute Gasteiger partial charge is 0.440 e. The summed E-state index contributed by atoms with van der Waals surface area (Å²) in [6.45, 7) is 2.51. The zero-order valence-corrected chi connectivity index (χ0v) is 14.9. The second-order valence-electron chi connectivity index (χ2n) is 7.10. The number of fused-ring (bicyclic) bond motifs is 2. The van der Waals surface area contributed by atoms with E-state index in [-0.39, 0.29) is 5.56 Å². The first-order valence-corrected chi connectivity index (χ1v) is 9.32. The third-order valence-corrected chi connectivity index (χ3v) is 5.28. The van der Waals surface area contributed by atoms with Gasteiger partial charge in [0.05, 0.1) is 17.4 Å². The van der Waals surface area contributed by atoms with Gasteiger partial charge < -0.3 is 9.40 Å². The van der Waals surface area contributed by atoms with Crippen molar-refractivity contribution in [2.24, 2.45) is 0 Å². The maximum absolute atomic E-state index is 12.2. The minimum absolute atomic E-state index is 0.0723. The maximum atomic E-state index is 12.2. The van der Waals surface area contributed by atoms with Gasteiger partial charge in [0, 0.05) is 5.92 Å². The van der Waals surface area contributed by atoms with Crippen molar-refractivity contribution >= 4 is 22.0 Å². The molecule has 2 aromatic heterocycles. The molecule has 5 rings (SSSR count). The monoisotopic (exact) mass is 360 g/mol. The summed E-state index contributed by atoms with van der Waals surface area (Å²) in [5.41, 5.74) is 2.45. The number of H-pyrrole nitrogens is 1. The predicted octanol–water partition coefficient (Wildman–Crippen LogP) is 3.44. The molecule has 1 N–H and O–H groups in total. The number of likely N-dealkylation sites (tertiary alicyclic amines) is 1. The zero-order valence-electron chi connectivity index (χ0n) is 14.9. The van der Waals surface area contributed by atoms with Gasteiger partial charge in [-0.15, -0.1) is 0 Å². The molecule has 0 atom stereocenters. The fourth-order valence-electron chi connectivity index (χ4n) is 3.82. The highest BCUT2D eigenvalue weighted by Crippen LogP contribution is 2.30. The molecule has 3 heterocycles. The van der Waals surface area contributed by atoms with E-state index in [4.69, 9.17) is 4.42 Å². The summed E-state index contributed by atoms with van der Waals surface area (Å²) in [5.74, 6) is 1.91. The lowest BCUT2D eigenvalue weighted by atomic mass is 9.97. The molecule has 27 heavy (non-hydrogen) atoms. The van der Waals surface area contributed by atoms with Crippen LogP contribution in [0.4, 0.5) is 0 Å². The first-order valence-electron chi connectivity index (χ1n) is 9.32. The van der Waals surface area contributed by atoms with Gasteiger partial charge in [-0.3, -0.25) is 9.69 Å². The van der Waals surface area contributed by atoms with Gasteiger partial charge in [-0.25, -0.2) is 9.97 Å². The van der Waals surface area contributed by atoms with Gasteiger partial charge in [0.25, 0.3) is 5.56 Å². The van der Waals surface area contributed by atoms with Crippen LogP contribution in [0.3, 0.4) is 0 Å². The molecule has 6 nitrogen and oxygen atoms in total. The van der Waals surface area contributed by atoms with E-state index >= 15 is 0 Å². The third-order valence-electron chi connectivity index (χ3n) is 5.28. The number of aromatic amines is 1. The molecule has 0 amide bonds. The molecule has 4 aromatic rings. The second-order valence-corrected chi connectivity index (χ2v) is 7.10. The van der Waals surface area contributed by atoms with Crippen LogP contribution in [0.2, 0.25) is 0 Å². The van der Waals surface area contributed by atoms with Crippen LogP contribution in [-0.4, -0.2) is 32.9 Å². The molecule has 2 aromatic carbocycles. The van der Waals surface area contributed by atoms with Crippen molar-refractivity contribution in [3.05, 3.63) is 70.6 Å². The number of nitrogens with zero attached hydrogens (tertiary/aromatic N) is 3. The van der Waals surface area contributed by atoms with E-state index in [1.807, 2.05) is 42.5 Å². The van der Waals surface area contributed by atoms with Gasteiger partial charge in [-0.1, -0.05) is 24.3 Å². The van der Waals surface area contributed by atoms with E-state index in [1.54, 1.807) is 6.07 Å². The molecular formula is C21H20N4O2. The Hall–Kier alpha value is -2.99. The summed E-state index contributed by atoms with van der Waals surface area (Å²) < 4.78 is 5.94. The Morgan fingerprint density at radius 2 is 1.74 bits per heavy atom. The Morgan fingerprint density at radius 3 is 2.56 bits per heavy atom. The lowest BCUT2D eigenvalue weighted by Crippen LogP contribution is -2.33. The summed E-state index contributed by atoms with van der Waals surface area (Å²) in [7, 11) is 0. The van der Waals surface area contributed by atoms with Crippen molar-refractivity contribution in [3.63, 3.8) is 0 Å². The zero-order chi connectivity index (χ0) is 18.2. The number of oxazole rings is 1. The van der Waals surface area contributed by atoms with Crippen LogP contribution >= 0.6 is 0 Å². The van der Waals surface area contributed by atoms with Crippen molar-refractivity contribution in [3.8, 4) is 0 Å². The Bertz CT molecular complexity index is 1120. The Kier molecular flexibility index (Phi) is 3.98. The van der Waals surface area contributed by atoms with E-state index in [2.05, 4.69) is 19.9 Å². The topological polar surface area (TPSA) is 75.0 Å². The first-order chi connectivity index (χ1) is 13.3. The van der Waals surface area contributed by atoms with Crippen molar-refractivity contribution in [2.45, 2.75) is 25.3 Å². The fraction of sp³-hybridized carbons (Fsp3) is 0.286. The van der Waals surface area contributed by atoms with Gasteiger partial charge in [0.15, 0.2) is 11.5 Å². The normalized spacial score (nSPS) is 16.3. The Labute approximate surface area is 155 Å².